The molecule has 0 amide bonds. The minimum absolute atomic E-state index is 0.0200. The fraction of sp³-hybridized carbons (Fsp3) is 0.294. The second-order valence-electron chi connectivity index (χ2n) is 5.39. The monoisotopic (exact) mass is 322 g/mol. The van der Waals surface area contributed by atoms with Gasteiger partial charge in [0.05, 0.1) is 5.56 Å². The van der Waals surface area contributed by atoms with Gasteiger partial charge in [0.1, 0.15) is 0 Å². The molecule has 1 aliphatic rings. The Kier molecular flexibility index (Phi) is 5.03. The molecule has 0 atom stereocenters. The summed E-state index contributed by atoms with van der Waals surface area (Å²) >= 11 is 0. The minimum Gasteiger partial charge on any atom is -0.303 e. The number of nitrogens with zero attached hydrogens (tertiary/aromatic N) is 2. The highest BCUT2D eigenvalue weighted by atomic mass is 19.4. The van der Waals surface area contributed by atoms with Crippen molar-refractivity contribution >= 4 is 18.1 Å². The number of hydrogen-bond acceptors (Lipinski definition) is 3. The molecule has 1 aliphatic carbocycles. The molecule has 1 fully saturated rings. The number of carbonyl (C=O) groups is 1. The second-order valence-corrected chi connectivity index (χ2v) is 5.39. The summed E-state index contributed by atoms with van der Waals surface area (Å²) in [5, 5.41) is 5.58. The Bertz CT molecular complexity index is 685. The molecule has 0 spiro atoms. The molecule has 0 bridgehead atoms. The van der Waals surface area contributed by atoms with Gasteiger partial charge in [0.15, 0.2) is 5.78 Å². The van der Waals surface area contributed by atoms with Crippen LogP contribution in [0.2, 0.25) is 0 Å². The third-order valence-corrected chi connectivity index (χ3v) is 3.42. The predicted molar refractivity (Wildman–Crippen MR) is 83.9 cm³/mol. The van der Waals surface area contributed by atoms with Gasteiger partial charge in [-0.15, -0.1) is 0 Å². The molecule has 122 valence electrons. The van der Waals surface area contributed by atoms with Gasteiger partial charge in [-0.3, -0.25) is 4.79 Å². The molecule has 2 rings (SSSR count). The van der Waals surface area contributed by atoms with Crippen LogP contribution < -0.4 is 0 Å². The summed E-state index contributed by atoms with van der Waals surface area (Å²) in [6.45, 7) is 0. The zero-order valence-electron chi connectivity index (χ0n) is 12.9. The maximum Gasteiger partial charge on any atom is 0.416 e. The summed E-state index contributed by atoms with van der Waals surface area (Å²) in [5.41, 5.74) is 0.246. The highest BCUT2D eigenvalue weighted by molar-refractivity contribution is 6.14. The maximum atomic E-state index is 13.0. The van der Waals surface area contributed by atoms with Crippen molar-refractivity contribution in [2.75, 3.05) is 14.1 Å². The van der Waals surface area contributed by atoms with Crippen LogP contribution in [0.4, 0.5) is 13.2 Å². The molecule has 0 heterocycles. The van der Waals surface area contributed by atoms with E-state index in [1.165, 1.54) is 30.5 Å². The van der Waals surface area contributed by atoms with Gasteiger partial charge >= 0.3 is 6.18 Å². The summed E-state index contributed by atoms with van der Waals surface area (Å²) in [6.07, 6.45) is 0.977. The number of carbonyl (C=O) groups excluding carboxylic acids is 1. The zero-order valence-corrected chi connectivity index (χ0v) is 12.9. The maximum absolute atomic E-state index is 13.0. The first kappa shape index (κ1) is 17.0. The van der Waals surface area contributed by atoms with Crippen LogP contribution in [-0.4, -0.2) is 31.1 Å². The van der Waals surface area contributed by atoms with E-state index in [0.717, 1.165) is 6.07 Å². The van der Waals surface area contributed by atoms with Crippen molar-refractivity contribution in [3.8, 4) is 0 Å². The summed E-state index contributed by atoms with van der Waals surface area (Å²) in [5.74, 6) is -0.216. The second kappa shape index (κ2) is 6.81. The lowest BCUT2D eigenvalue weighted by Gasteiger charge is -2.10. The summed E-state index contributed by atoms with van der Waals surface area (Å²) < 4.78 is 39.0. The van der Waals surface area contributed by atoms with E-state index in [9.17, 15) is 18.0 Å². The van der Waals surface area contributed by atoms with Crippen molar-refractivity contribution in [1.82, 2.24) is 5.01 Å². The van der Waals surface area contributed by atoms with E-state index in [1.807, 2.05) is 0 Å². The van der Waals surface area contributed by atoms with Crippen LogP contribution in [-0.2, 0) is 11.0 Å². The number of benzene rings is 1. The van der Waals surface area contributed by atoms with E-state index >= 15 is 0 Å². The van der Waals surface area contributed by atoms with Crippen molar-refractivity contribution in [3.05, 3.63) is 52.6 Å². The van der Waals surface area contributed by atoms with Gasteiger partial charge in [-0.05, 0) is 36.6 Å². The van der Waals surface area contributed by atoms with Crippen LogP contribution in [0.25, 0.3) is 6.08 Å². The Labute approximate surface area is 132 Å². The topological polar surface area (TPSA) is 32.7 Å². The van der Waals surface area contributed by atoms with E-state index in [4.69, 9.17) is 0 Å². The molecular weight excluding hydrogens is 305 g/mol. The van der Waals surface area contributed by atoms with Gasteiger partial charge in [-0.1, -0.05) is 18.2 Å². The highest BCUT2D eigenvalue weighted by Gasteiger charge is 2.33. The molecule has 3 nitrogen and oxygen atoms in total. The first-order chi connectivity index (χ1) is 10.8. The number of halogens is 3. The van der Waals surface area contributed by atoms with Crippen molar-refractivity contribution in [2.24, 2.45) is 5.10 Å². The van der Waals surface area contributed by atoms with Crippen molar-refractivity contribution < 1.29 is 18.0 Å². The molecule has 1 aromatic carbocycles. The standard InChI is InChI=1S/C17H17F3N2O/c1-22(2)21-10-9-12-7-8-14(16(12)23)11-13-5-3-4-6-15(13)17(18,19)20/h3-6,9-11H,7-8H2,1-2H3/b12-9-,14-11+,21-10+. The quantitative estimate of drug-likeness (QED) is 0.480. The molecule has 1 aromatic rings. The Morgan fingerprint density at radius 2 is 1.78 bits per heavy atom. The van der Waals surface area contributed by atoms with Crippen molar-refractivity contribution in [2.45, 2.75) is 19.0 Å². The van der Waals surface area contributed by atoms with Gasteiger partial charge in [0.2, 0.25) is 0 Å². The summed E-state index contributed by atoms with van der Waals surface area (Å²) in [6, 6.07) is 5.26. The van der Waals surface area contributed by atoms with Crippen LogP contribution in [0.5, 0.6) is 0 Å². The van der Waals surface area contributed by atoms with E-state index in [1.54, 1.807) is 25.2 Å². The SMILES string of the molecule is CN(C)/N=C/C=C1/CC/C(=C\c2ccccc2C(F)(F)F)C1=O. The third kappa shape index (κ3) is 4.31. The number of rotatable bonds is 3. The number of hydrazone groups is 1. The smallest absolute Gasteiger partial charge is 0.303 e. The molecule has 0 aliphatic heterocycles. The molecular formula is C17H17F3N2O. The minimum atomic E-state index is -4.44. The number of allylic oxidation sites excluding steroid dienone is 3. The van der Waals surface area contributed by atoms with Crippen molar-refractivity contribution in [3.63, 3.8) is 0 Å². The average molecular weight is 322 g/mol. The van der Waals surface area contributed by atoms with Crippen LogP contribution >= 0.6 is 0 Å². The normalized spacial score (nSPS) is 19.3. The Morgan fingerprint density at radius 3 is 2.43 bits per heavy atom. The number of Topliss-reactive ketones (excluding diaryl/α,β-unsaturated/α-hetero) is 1. The Morgan fingerprint density at radius 1 is 1.13 bits per heavy atom. The van der Waals surface area contributed by atoms with Gasteiger partial charge in [-0.2, -0.15) is 18.3 Å². The lowest BCUT2D eigenvalue weighted by Crippen LogP contribution is -2.07. The molecule has 0 radical (unpaired) electrons. The largest absolute Gasteiger partial charge is 0.416 e. The fourth-order valence-electron chi connectivity index (χ4n) is 2.32. The molecule has 23 heavy (non-hydrogen) atoms. The van der Waals surface area contributed by atoms with E-state index in [0.29, 0.717) is 24.0 Å². The fourth-order valence-corrected chi connectivity index (χ4v) is 2.32. The van der Waals surface area contributed by atoms with Gasteiger partial charge in [-0.25, -0.2) is 0 Å². The van der Waals surface area contributed by atoms with Gasteiger partial charge in [0, 0.05) is 31.5 Å². The first-order valence-corrected chi connectivity index (χ1v) is 7.11. The number of hydrogen-bond donors (Lipinski definition) is 0. The van der Waals surface area contributed by atoms with Crippen LogP contribution in [0.3, 0.4) is 0 Å². The number of ketones is 1. The molecule has 0 saturated heterocycles. The zero-order chi connectivity index (χ0) is 17.0. The molecule has 6 heteroatoms. The lowest BCUT2D eigenvalue weighted by atomic mass is 10.0. The molecule has 0 unspecified atom stereocenters. The Hall–Kier alpha value is -2.37. The van der Waals surface area contributed by atoms with Gasteiger partial charge < -0.3 is 5.01 Å². The first-order valence-electron chi connectivity index (χ1n) is 7.11. The molecule has 1 saturated carbocycles. The van der Waals surface area contributed by atoms with Crippen molar-refractivity contribution in [1.29, 1.82) is 0 Å². The number of alkyl halides is 3. The van der Waals surface area contributed by atoms with Gasteiger partial charge in [0.25, 0.3) is 0 Å². The predicted octanol–water partition coefficient (Wildman–Crippen LogP) is 3.93. The third-order valence-electron chi connectivity index (χ3n) is 3.42. The van der Waals surface area contributed by atoms with Crippen LogP contribution in [0, 0.1) is 0 Å². The summed E-state index contributed by atoms with van der Waals surface area (Å²) in [4.78, 5) is 12.3. The van der Waals surface area contributed by atoms with E-state index in [-0.39, 0.29) is 11.3 Å². The van der Waals surface area contributed by atoms with Crippen LogP contribution in [0.15, 0.2) is 46.6 Å². The molecule has 0 aromatic heterocycles. The van der Waals surface area contributed by atoms with E-state index < -0.39 is 11.7 Å². The summed E-state index contributed by atoms with van der Waals surface area (Å²) in [7, 11) is 3.51. The molecule has 0 N–H and O–H groups in total. The lowest BCUT2D eigenvalue weighted by molar-refractivity contribution is -0.137. The van der Waals surface area contributed by atoms with E-state index in [2.05, 4.69) is 5.10 Å². The Balaban J connectivity index is 2.28. The van der Waals surface area contributed by atoms with Crippen LogP contribution in [0.1, 0.15) is 24.0 Å². The average Bonchev–Trinajstić information content (AvgIpc) is 2.79. The highest BCUT2D eigenvalue weighted by Crippen LogP contribution is 2.34.